The van der Waals surface area contributed by atoms with Crippen LogP contribution in [0.15, 0.2) is 0 Å². The van der Waals surface area contributed by atoms with Gasteiger partial charge in [0.1, 0.15) is 6.54 Å². The molecule has 3 nitrogen and oxygen atoms in total. The van der Waals surface area contributed by atoms with Crippen LogP contribution in [0.25, 0.3) is 0 Å². The van der Waals surface area contributed by atoms with Gasteiger partial charge in [-0.1, -0.05) is 0 Å². The molecule has 3 heteroatoms. The van der Waals surface area contributed by atoms with E-state index in [9.17, 15) is 0 Å². The van der Waals surface area contributed by atoms with Crippen LogP contribution in [-0.2, 0) is 4.74 Å². The molecule has 0 aromatic carbocycles. The Morgan fingerprint density at radius 1 is 0.882 bits per heavy atom. The second-order valence-electron chi connectivity index (χ2n) is 4.77. The monoisotopic (exact) mass is 248 g/mol. The van der Waals surface area contributed by atoms with Crippen molar-refractivity contribution in [2.75, 3.05) is 60.0 Å². The average Bonchev–Trinajstić information content (AvgIpc) is 2.40. The molecule has 0 saturated carbocycles. The highest BCUT2D eigenvalue weighted by molar-refractivity contribution is 4.24. The summed E-state index contributed by atoms with van der Waals surface area (Å²) in [5.74, 6) is 0. The van der Waals surface area contributed by atoms with Gasteiger partial charge in [0, 0.05) is 7.11 Å². The highest BCUT2D eigenvalue weighted by atomic mass is 16.5. The largest absolute Gasteiger partial charge is 0.379 e. The molecule has 106 valence electrons. The Morgan fingerprint density at radius 3 is 1.47 bits per heavy atom. The predicted molar refractivity (Wildman–Crippen MR) is 76.6 cm³/mol. The minimum Gasteiger partial charge on any atom is -0.379 e. The Kier molecular flexibility index (Phi) is 14.0. The van der Waals surface area contributed by atoms with Gasteiger partial charge in [-0.2, -0.15) is 0 Å². The average molecular weight is 248 g/mol. The molecule has 0 bridgehead atoms. The number of hydrogen-bond donors (Lipinski definition) is 1. The van der Waals surface area contributed by atoms with Crippen LogP contribution < -0.4 is 4.90 Å². The highest BCUT2D eigenvalue weighted by Crippen LogP contribution is 1.97. The van der Waals surface area contributed by atoms with Gasteiger partial charge in [0.25, 0.3) is 0 Å². The zero-order valence-electron chi connectivity index (χ0n) is 13.3. The van der Waals surface area contributed by atoms with E-state index in [0.29, 0.717) is 0 Å². The first-order valence-electron chi connectivity index (χ1n) is 7.19. The smallest absolute Gasteiger partial charge is 0.101 e. The maximum Gasteiger partial charge on any atom is 0.101 e. The number of nitrogens with zero attached hydrogens (tertiary/aromatic N) is 1. The molecule has 0 aliphatic rings. The van der Waals surface area contributed by atoms with Crippen LogP contribution in [0.4, 0.5) is 0 Å². The first kappa shape index (κ1) is 19.2. The first-order valence-corrected chi connectivity index (χ1v) is 7.19. The second kappa shape index (κ2) is 12.3. The fraction of sp³-hybridized carbons (Fsp3) is 1.00. The summed E-state index contributed by atoms with van der Waals surface area (Å²) < 4.78 is 6.16. The van der Waals surface area contributed by atoms with Crippen molar-refractivity contribution >= 4 is 0 Å². The molecule has 0 spiro atoms. The normalized spacial score (nSPS) is 11.3. The molecule has 0 fully saturated rings. The van der Waals surface area contributed by atoms with Crippen LogP contribution in [0.3, 0.4) is 0 Å². The van der Waals surface area contributed by atoms with Crippen LogP contribution in [0.5, 0.6) is 0 Å². The zero-order valence-corrected chi connectivity index (χ0v) is 13.3. The third-order valence-electron chi connectivity index (χ3n) is 3.95. The topological polar surface area (TPSA) is 13.7 Å². The Labute approximate surface area is 109 Å². The van der Waals surface area contributed by atoms with Crippen LogP contribution >= 0.6 is 0 Å². The summed E-state index contributed by atoms with van der Waals surface area (Å²) in [7, 11) is 4.04. The minimum atomic E-state index is 0.886. The third kappa shape index (κ3) is 10.7. The Morgan fingerprint density at radius 2 is 1.29 bits per heavy atom. The molecule has 0 rings (SSSR count). The van der Waals surface area contributed by atoms with E-state index in [0.717, 1.165) is 13.2 Å². The number of ether oxygens (including phenoxy) is 1. The van der Waals surface area contributed by atoms with Gasteiger partial charge in [0.05, 0.1) is 46.4 Å². The Hall–Kier alpha value is -0.120. The number of likely N-dealkylation sites (N-methyl/N-ethyl adjacent to an activating group) is 1. The summed E-state index contributed by atoms with van der Waals surface area (Å²) in [6, 6.07) is 0. The van der Waals surface area contributed by atoms with Crippen LogP contribution in [0, 0.1) is 0 Å². The molecule has 0 amide bonds. The number of quaternary nitrogens is 2. The molecule has 1 N–H and O–H groups in total. The molecule has 0 aliphatic carbocycles. The van der Waals surface area contributed by atoms with Crippen LogP contribution in [0.2, 0.25) is 0 Å². The molecule has 0 atom stereocenters. The maximum atomic E-state index is 4.96. The first-order chi connectivity index (χ1) is 8.03. The molecule has 0 aromatic heterocycles. The third-order valence-corrected chi connectivity index (χ3v) is 3.95. The molecular weight excluding hydrogens is 212 g/mol. The minimum absolute atomic E-state index is 0.886. The molecule has 0 unspecified atom stereocenters. The van der Waals surface area contributed by atoms with E-state index in [1.54, 1.807) is 12.0 Å². The standard InChI is InChI=1S/C7H17NO.C7H18N/c1-4-8(5-2)6-7-9-3;1-5-8(4,6-2)7-3/h4-7H2,1-3H3;5-7H2,1-4H3/q;+1/p+1. The predicted octanol–water partition coefficient (Wildman–Crippen LogP) is 1.05. The fourth-order valence-corrected chi connectivity index (χ4v) is 1.52. The van der Waals surface area contributed by atoms with Crippen molar-refractivity contribution < 1.29 is 14.1 Å². The van der Waals surface area contributed by atoms with E-state index in [4.69, 9.17) is 4.74 Å². The van der Waals surface area contributed by atoms with Gasteiger partial charge in [0.2, 0.25) is 0 Å². The van der Waals surface area contributed by atoms with Gasteiger partial charge in [-0.15, -0.1) is 0 Å². The quantitative estimate of drug-likeness (QED) is 0.634. The van der Waals surface area contributed by atoms with E-state index in [1.165, 1.54) is 37.2 Å². The van der Waals surface area contributed by atoms with Gasteiger partial charge in [-0.05, 0) is 34.6 Å². The fourth-order valence-electron chi connectivity index (χ4n) is 1.52. The molecule has 0 saturated heterocycles. The lowest BCUT2D eigenvalue weighted by molar-refractivity contribution is -0.904. The van der Waals surface area contributed by atoms with E-state index < -0.39 is 0 Å². The van der Waals surface area contributed by atoms with Gasteiger partial charge >= 0.3 is 0 Å². The molecule has 0 radical (unpaired) electrons. The van der Waals surface area contributed by atoms with E-state index >= 15 is 0 Å². The van der Waals surface area contributed by atoms with Crippen molar-refractivity contribution in [3.05, 3.63) is 0 Å². The van der Waals surface area contributed by atoms with Crippen molar-refractivity contribution in [1.82, 2.24) is 0 Å². The summed E-state index contributed by atoms with van der Waals surface area (Å²) in [5, 5.41) is 0. The van der Waals surface area contributed by atoms with Crippen LogP contribution in [0.1, 0.15) is 34.6 Å². The Bertz CT molecular complexity index is 135. The van der Waals surface area contributed by atoms with Gasteiger partial charge < -0.3 is 14.1 Å². The van der Waals surface area contributed by atoms with E-state index in [-0.39, 0.29) is 0 Å². The molecule has 0 aromatic rings. The summed E-state index contributed by atoms with van der Waals surface area (Å²) >= 11 is 0. The summed E-state index contributed by atoms with van der Waals surface area (Å²) in [5.41, 5.74) is 0. The summed E-state index contributed by atoms with van der Waals surface area (Å²) in [4.78, 5) is 1.61. The van der Waals surface area contributed by atoms with Gasteiger partial charge in [-0.3, -0.25) is 0 Å². The van der Waals surface area contributed by atoms with Gasteiger partial charge in [-0.25, -0.2) is 0 Å². The molecule has 17 heavy (non-hydrogen) atoms. The van der Waals surface area contributed by atoms with Crippen LogP contribution in [-0.4, -0.2) is 64.5 Å². The maximum absolute atomic E-state index is 4.96. The van der Waals surface area contributed by atoms with Crippen molar-refractivity contribution in [3.8, 4) is 0 Å². The lowest BCUT2D eigenvalue weighted by Gasteiger charge is -2.30. The van der Waals surface area contributed by atoms with E-state index in [1.807, 2.05) is 0 Å². The number of methoxy groups -OCH3 is 1. The second-order valence-corrected chi connectivity index (χ2v) is 4.77. The zero-order chi connectivity index (χ0) is 13.7. The molecule has 0 aliphatic heterocycles. The molecule has 0 heterocycles. The lowest BCUT2D eigenvalue weighted by Crippen LogP contribution is -3.11. The number of nitrogens with one attached hydrogen (secondary N) is 1. The van der Waals surface area contributed by atoms with Crippen molar-refractivity contribution in [2.45, 2.75) is 34.6 Å². The number of rotatable bonds is 8. The van der Waals surface area contributed by atoms with Crippen molar-refractivity contribution in [1.29, 1.82) is 0 Å². The van der Waals surface area contributed by atoms with Crippen molar-refractivity contribution in [3.63, 3.8) is 0 Å². The van der Waals surface area contributed by atoms with E-state index in [2.05, 4.69) is 41.7 Å². The van der Waals surface area contributed by atoms with Crippen molar-refractivity contribution in [2.24, 2.45) is 0 Å². The SMILES string of the molecule is CC[N+](C)(CC)CC.CC[NH+](CC)CCOC. The summed E-state index contributed by atoms with van der Waals surface area (Å²) in [6.07, 6.45) is 0. The summed E-state index contributed by atoms with van der Waals surface area (Å²) in [6.45, 7) is 19.4. The molecular formula is C14H36N2O+2. The highest BCUT2D eigenvalue weighted by Gasteiger charge is 2.10. The Balaban J connectivity index is 0. The van der Waals surface area contributed by atoms with Gasteiger partial charge in [0.15, 0.2) is 0 Å². The lowest BCUT2D eigenvalue weighted by atomic mass is 10.4. The number of hydrogen-bond acceptors (Lipinski definition) is 1.